The third kappa shape index (κ3) is 3.18. The first-order chi connectivity index (χ1) is 11.2. The zero-order chi connectivity index (χ0) is 16.3. The Morgan fingerprint density at radius 2 is 2.17 bits per heavy atom. The molecule has 2 saturated heterocycles. The fourth-order valence-corrected chi connectivity index (χ4v) is 4.00. The number of nitrogens with zero attached hydrogens (tertiary/aromatic N) is 1. The highest BCUT2D eigenvalue weighted by molar-refractivity contribution is 6.30. The van der Waals surface area contributed by atoms with E-state index < -0.39 is 0 Å². The van der Waals surface area contributed by atoms with Gasteiger partial charge >= 0.3 is 6.03 Å². The largest absolute Gasteiger partial charge is 0.385 e. The first-order valence-electron chi connectivity index (χ1n) is 8.20. The molecule has 0 spiro atoms. The van der Waals surface area contributed by atoms with E-state index in [1.54, 1.807) is 7.11 Å². The molecule has 6 heteroatoms. The highest BCUT2D eigenvalue weighted by Gasteiger charge is 2.49. The molecular weight excluding hydrogens is 314 g/mol. The molecule has 0 saturated carbocycles. The summed E-state index contributed by atoms with van der Waals surface area (Å²) >= 11 is 6.22. The number of nitrogens with one attached hydrogen (secondary N) is 2. The fraction of sp³-hybridized carbons (Fsp3) is 0.588. The summed E-state index contributed by atoms with van der Waals surface area (Å²) in [5, 5.41) is 7.12. The van der Waals surface area contributed by atoms with Crippen LogP contribution in [0.2, 0.25) is 5.02 Å². The van der Waals surface area contributed by atoms with E-state index in [-0.39, 0.29) is 17.6 Å². The van der Waals surface area contributed by atoms with Crippen LogP contribution in [0.1, 0.15) is 24.8 Å². The van der Waals surface area contributed by atoms with Crippen LogP contribution in [-0.4, -0.2) is 50.3 Å². The van der Waals surface area contributed by atoms with Crippen molar-refractivity contribution in [2.45, 2.75) is 30.8 Å². The van der Waals surface area contributed by atoms with E-state index in [1.807, 2.05) is 18.2 Å². The Morgan fingerprint density at radius 1 is 1.39 bits per heavy atom. The molecule has 1 unspecified atom stereocenters. The number of carbonyl (C=O) groups excluding carboxylic acids is 1. The number of methoxy groups -OCH3 is 1. The van der Waals surface area contributed by atoms with Gasteiger partial charge in [0, 0.05) is 37.7 Å². The summed E-state index contributed by atoms with van der Waals surface area (Å²) in [6.07, 6.45) is 2.71. The Bertz CT molecular complexity index is 563. The average molecular weight is 338 g/mol. The number of halogens is 1. The van der Waals surface area contributed by atoms with Gasteiger partial charge in [0.05, 0.1) is 5.54 Å². The van der Waals surface area contributed by atoms with Gasteiger partial charge in [-0.3, -0.25) is 0 Å². The summed E-state index contributed by atoms with van der Waals surface area (Å²) in [5.74, 6) is 0. The molecule has 1 aromatic rings. The smallest absolute Gasteiger partial charge is 0.318 e. The van der Waals surface area contributed by atoms with E-state index in [9.17, 15) is 4.79 Å². The second-order valence-corrected chi connectivity index (χ2v) is 6.73. The summed E-state index contributed by atoms with van der Waals surface area (Å²) in [7, 11) is 1.70. The molecule has 2 aliphatic rings. The SMILES string of the molecule is COCCC1(c2cccc(Cl)c2)CNC(=O)N1C1CCNCC1. The summed E-state index contributed by atoms with van der Waals surface area (Å²) in [5.41, 5.74) is 0.693. The van der Waals surface area contributed by atoms with Crippen molar-refractivity contribution in [3.63, 3.8) is 0 Å². The van der Waals surface area contributed by atoms with Crippen molar-refractivity contribution in [3.05, 3.63) is 34.9 Å². The number of hydrogen-bond acceptors (Lipinski definition) is 3. The van der Waals surface area contributed by atoms with Crippen LogP contribution in [0.5, 0.6) is 0 Å². The van der Waals surface area contributed by atoms with Crippen molar-refractivity contribution in [2.75, 3.05) is 33.4 Å². The Balaban J connectivity index is 2.00. The van der Waals surface area contributed by atoms with E-state index in [0.29, 0.717) is 18.2 Å². The van der Waals surface area contributed by atoms with Crippen molar-refractivity contribution < 1.29 is 9.53 Å². The van der Waals surface area contributed by atoms with Gasteiger partial charge in [0.25, 0.3) is 0 Å². The van der Waals surface area contributed by atoms with Crippen LogP contribution >= 0.6 is 11.6 Å². The van der Waals surface area contributed by atoms with Crippen molar-refractivity contribution >= 4 is 17.6 Å². The predicted molar refractivity (Wildman–Crippen MR) is 90.8 cm³/mol. The van der Waals surface area contributed by atoms with Gasteiger partial charge in [-0.05, 0) is 43.6 Å². The van der Waals surface area contributed by atoms with Crippen molar-refractivity contribution in [2.24, 2.45) is 0 Å². The number of carbonyl (C=O) groups is 1. The summed E-state index contributed by atoms with van der Waals surface area (Å²) < 4.78 is 5.34. The minimum Gasteiger partial charge on any atom is -0.385 e. The quantitative estimate of drug-likeness (QED) is 0.867. The van der Waals surface area contributed by atoms with Crippen LogP contribution in [0.4, 0.5) is 4.79 Å². The fourth-order valence-electron chi connectivity index (χ4n) is 3.81. The molecule has 2 aliphatic heterocycles. The Labute approximate surface area is 142 Å². The first kappa shape index (κ1) is 16.6. The molecule has 2 fully saturated rings. The summed E-state index contributed by atoms with van der Waals surface area (Å²) in [6, 6.07) is 8.13. The molecule has 0 bridgehead atoms. The van der Waals surface area contributed by atoms with Crippen LogP contribution in [0, 0.1) is 0 Å². The minimum atomic E-state index is -0.389. The number of urea groups is 1. The molecule has 0 radical (unpaired) electrons. The minimum absolute atomic E-state index is 0.0213. The number of amides is 2. The predicted octanol–water partition coefficient (Wildman–Crippen LogP) is 2.35. The average Bonchev–Trinajstić information content (AvgIpc) is 2.91. The van der Waals surface area contributed by atoms with Crippen molar-refractivity contribution in [3.8, 4) is 0 Å². The lowest BCUT2D eigenvalue weighted by atomic mass is 9.84. The van der Waals surface area contributed by atoms with E-state index in [1.165, 1.54) is 0 Å². The molecule has 1 atom stereocenters. The highest BCUT2D eigenvalue weighted by Crippen LogP contribution is 2.39. The van der Waals surface area contributed by atoms with Gasteiger partial charge in [-0.25, -0.2) is 4.79 Å². The Morgan fingerprint density at radius 3 is 2.87 bits per heavy atom. The molecule has 3 rings (SSSR count). The summed E-state index contributed by atoms with van der Waals surface area (Å²) in [4.78, 5) is 14.7. The molecule has 2 heterocycles. The molecule has 5 nitrogen and oxygen atoms in total. The lowest BCUT2D eigenvalue weighted by Crippen LogP contribution is -2.53. The van der Waals surface area contributed by atoms with Crippen LogP contribution in [0.15, 0.2) is 24.3 Å². The topological polar surface area (TPSA) is 53.6 Å². The van der Waals surface area contributed by atoms with Gasteiger partial charge in [0.1, 0.15) is 0 Å². The number of piperidine rings is 1. The van der Waals surface area contributed by atoms with Crippen LogP contribution in [-0.2, 0) is 10.3 Å². The molecule has 0 aliphatic carbocycles. The molecule has 2 amide bonds. The molecule has 2 N–H and O–H groups in total. The van der Waals surface area contributed by atoms with Crippen LogP contribution in [0.3, 0.4) is 0 Å². The van der Waals surface area contributed by atoms with Gasteiger partial charge in [0.15, 0.2) is 0 Å². The monoisotopic (exact) mass is 337 g/mol. The molecule has 0 aromatic heterocycles. The third-order valence-corrected chi connectivity index (χ3v) is 5.20. The van der Waals surface area contributed by atoms with Crippen molar-refractivity contribution in [1.29, 1.82) is 0 Å². The molecule has 1 aromatic carbocycles. The lowest BCUT2D eigenvalue weighted by molar-refractivity contribution is 0.0652. The van der Waals surface area contributed by atoms with E-state index in [4.69, 9.17) is 16.3 Å². The summed E-state index contributed by atoms with van der Waals surface area (Å²) in [6.45, 7) is 3.09. The highest BCUT2D eigenvalue weighted by atomic mass is 35.5. The number of hydrogen-bond donors (Lipinski definition) is 2. The van der Waals surface area contributed by atoms with Crippen LogP contribution < -0.4 is 10.6 Å². The van der Waals surface area contributed by atoms with Gasteiger partial charge in [-0.1, -0.05) is 23.7 Å². The second-order valence-electron chi connectivity index (χ2n) is 6.29. The van der Waals surface area contributed by atoms with E-state index in [2.05, 4.69) is 21.6 Å². The molecule has 126 valence electrons. The lowest BCUT2D eigenvalue weighted by Gasteiger charge is -2.43. The number of benzene rings is 1. The number of ether oxygens (including phenoxy) is 1. The van der Waals surface area contributed by atoms with E-state index in [0.717, 1.165) is 37.9 Å². The first-order valence-corrected chi connectivity index (χ1v) is 8.58. The van der Waals surface area contributed by atoms with Gasteiger partial charge in [-0.15, -0.1) is 0 Å². The van der Waals surface area contributed by atoms with Gasteiger partial charge in [-0.2, -0.15) is 0 Å². The Hall–Kier alpha value is -1.30. The maximum atomic E-state index is 12.6. The number of rotatable bonds is 5. The zero-order valence-electron chi connectivity index (χ0n) is 13.5. The maximum Gasteiger partial charge on any atom is 0.318 e. The Kier molecular flexibility index (Phi) is 5.09. The normalized spacial score (nSPS) is 25.7. The standard InChI is InChI=1S/C17H24ClN3O2/c1-23-10-7-17(13-3-2-4-14(18)11-13)12-20-16(22)21(17)15-5-8-19-9-6-15/h2-4,11,15,19H,5-10,12H2,1H3,(H,20,22). The molecule has 23 heavy (non-hydrogen) atoms. The van der Waals surface area contributed by atoms with Gasteiger partial charge < -0.3 is 20.3 Å². The van der Waals surface area contributed by atoms with Crippen LogP contribution in [0.25, 0.3) is 0 Å². The third-order valence-electron chi connectivity index (χ3n) is 4.97. The van der Waals surface area contributed by atoms with Crippen molar-refractivity contribution in [1.82, 2.24) is 15.5 Å². The van der Waals surface area contributed by atoms with E-state index >= 15 is 0 Å². The maximum absolute atomic E-state index is 12.6. The zero-order valence-corrected chi connectivity index (χ0v) is 14.2. The molecular formula is C17H24ClN3O2. The van der Waals surface area contributed by atoms with Gasteiger partial charge in [0.2, 0.25) is 0 Å². The second kappa shape index (κ2) is 7.07.